The fourth-order valence-electron chi connectivity index (χ4n) is 1.66. The summed E-state index contributed by atoms with van der Waals surface area (Å²) in [5.74, 6) is 1.11. The molecule has 1 unspecified atom stereocenters. The van der Waals surface area contributed by atoms with Gasteiger partial charge in [-0.05, 0) is 41.4 Å². The van der Waals surface area contributed by atoms with Gasteiger partial charge in [0.05, 0.1) is 12.1 Å². The zero-order valence-electron chi connectivity index (χ0n) is 10.8. The molecule has 0 aliphatic heterocycles. The molecule has 2 rings (SSSR count). The van der Waals surface area contributed by atoms with E-state index >= 15 is 0 Å². The summed E-state index contributed by atoms with van der Waals surface area (Å²) in [4.78, 5) is 0. The van der Waals surface area contributed by atoms with Crippen LogP contribution in [0.1, 0.15) is 19.2 Å². The van der Waals surface area contributed by atoms with Gasteiger partial charge < -0.3 is 9.73 Å². The normalized spacial score (nSPS) is 12.3. The third-order valence-corrected chi connectivity index (χ3v) is 3.38. The molecule has 1 aromatic carbocycles. The van der Waals surface area contributed by atoms with Crippen LogP contribution in [-0.2, 0) is 6.54 Å². The third kappa shape index (κ3) is 3.75. The second-order valence-corrected chi connectivity index (χ2v) is 5.14. The average Bonchev–Trinajstić information content (AvgIpc) is 2.86. The number of nitrogens with zero attached hydrogens (tertiary/aromatic N) is 2. The van der Waals surface area contributed by atoms with Gasteiger partial charge in [0, 0.05) is 10.5 Å². The van der Waals surface area contributed by atoms with Crippen LogP contribution in [0.3, 0.4) is 0 Å². The van der Waals surface area contributed by atoms with Gasteiger partial charge in [0.2, 0.25) is 11.8 Å². The lowest BCUT2D eigenvalue weighted by Crippen LogP contribution is -2.24. The SMILES string of the molecule is C=CCC(C)NCc1nnc(-c2ccccc2Br)o1. The van der Waals surface area contributed by atoms with Crippen LogP contribution in [0.25, 0.3) is 11.5 Å². The number of hydrogen-bond acceptors (Lipinski definition) is 4. The van der Waals surface area contributed by atoms with Crippen molar-refractivity contribution in [2.75, 3.05) is 0 Å². The van der Waals surface area contributed by atoms with Gasteiger partial charge in [-0.3, -0.25) is 0 Å². The van der Waals surface area contributed by atoms with Crippen LogP contribution in [0.2, 0.25) is 0 Å². The van der Waals surface area contributed by atoms with E-state index in [0.717, 1.165) is 16.5 Å². The monoisotopic (exact) mass is 321 g/mol. The van der Waals surface area contributed by atoms with Crippen molar-refractivity contribution < 1.29 is 4.42 Å². The first-order chi connectivity index (χ1) is 9.20. The summed E-state index contributed by atoms with van der Waals surface area (Å²) in [7, 11) is 0. The Labute approximate surface area is 121 Å². The molecule has 5 heteroatoms. The van der Waals surface area contributed by atoms with Crippen molar-refractivity contribution in [3.63, 3.8) is 0 Å². The van der Waals surface area contributed by atoms with Gasteiger partial charge in [0.1, 0.15) is 0 Å². The second kappa shape index (κ2) is 6.63. The van der Waals surface area contributed by atoms with Crippen LogP contribution in [0.15, 0.2) is 45.8 Å². The van der Waals surface area contributed by atoms with Crippen LogP contribution in [-0.4, -0.2) is 16.2 Å². The van der Waals surface area contributed by atoms with Crippen LogP contribution in [0, 0.1) is 0 Å². The molecule has 100 valence electrons. The summed E-state index contributed by atoms with van der Waals surface area (Å²) in [6.45, 7) is 6.36. The Morgan fingerprint density at radius 2 is 2.21 bits per heavy atom. The molecule has 2 aromatic rings. The van der Waals surface area contributed by atoms with Gasteiger partial charge in [-0.2, -0.15) is 0 Å². The Bertz CT molecular complexity index is 553. The highest BCUT2D eigenvalue weighted by Crippen LogP contribution is 2.26. The number of halogens is 1. The number of benzene rings is 1. The van der Waals surface area contributed by atoms with Crippen LogP contribution in [0.4, 0.5) is 0 Å². The van der Waals surface area contributed by atoms with Crippen LogP contribution in [0.5, 0.6) is 0 Å². The van der Waals surface area contributed by atoms with Crippen LogP contribution >= 0.6 is 15.9 Å². The van der Waals surface area contributed by atoms with Crippen molar-refractivity contribution in [1.29, 1.82) is 0 Å². The van der Waals surface area contributed by atoms with Crippen molar-refractivity contribution in [3.05, 3.63) is 47.3 Å². The molecule has 0 aliphatic carbocycles. The topological polar surface area (TPSA) is 51.0 Å². The molecule has 0 spiro atoms. The summed E-state index contributed by atoms with van der Waals surface area (Å²) in [6.07, 6.45) is 2.79. The minimum atomic E-state index is 0.344. The molecule has 0 radical (unpaired) electrons. The predicted molar refractivity (Wildman–Crippen MR) is 78.5 cm³/mol. The van der Waals surface area contributed by atoms with E-state index in [1.165, 1.54) is 0 Å². The quantitative estimate of drug-likeness (QED) is 0.826. The van der Waals surface area contributed by atoms with E-state index in [1.807, 2.05) is 30.3 Å². The molecule has 1 atom stereocenters. The van der Waals surface area contributed by atoms with Gasteiger partial charge in [0.15, 0.2) is 0 Å². The zero-order valence-corrected chi connectivity index (χ0v) is 12.4. The Kier molecular flexibility index (Phi) is 4.87. The standard InChI is InChI=1S/C14H16BrN3O/c1-3-6-10(2)16-9-13-17-18-14(19-13)11-7-4-5-8-12(11)15/h3-5,7-8,10,16H,1,6,9H2,2H3. The molecule has 0 saturated heterocycles. The number of aromatic nitrogens is 2. The Morgan fingerprint density at radius 1 is 1.42 bits per heavy atom. The maximum absolute atomic E-state index is 5.64. The highest BCUT2D eigenvalue weighted by Gasteiger charge is 2.11. The Morgan fingerprint density at radius 3 is 2.95 bits per heavy atom. The van der Waals surface area contributed by atoms with Crippen molar-refractivity contribution in [1.82, 2.24) is 15.5 Å². The van der Waals surface area contributed by atoms with Crippen molar-refractivity contribution in [3.8, 4) is 11.5 Å². The van der Waals surface area contributed by atoms with Gasteiger partial charge in [-0.25, -0.2) is 0 Å². The highest BCUT2D eigenvalue weighted by molar-refractivity contribution is 9.10. The summed E-state index contributed by atoms with van der Waals surface area (Å²) < 4.78 is 6.58. The van der Waals surface area contributed by atoms with E-state index in [9.17, 15) is 0 Å². The van der Waals surface area contributed by atoms with E-state index in [2.05, 4.69) is 44.9 Å². The van der Waals surface area contributed by atoms with Gasteiger partial charge in [-0.15, -0.1) is 16.8 Å². The molecular weight excluding hydrogens is 306 g/mol. The molecule has 0 aliphatic rings. The summed E-state index contributed by atoms with van der Waals surface area (Å²) in [6, 6.07) is 8.12. The molecule has 4 nitrogen and oxygen atoms in total. The van der Waals surface area contributed by atoms with Gasteiger partial charge in [-0.1, -0.05) is 18.2 Å². The van der Waals surface area contributed by atoms with E-state index in [-0.39, 0.29) is 0 Å². The average molecular weight is 322 g/mol. The molecule has 1 aromatic heterocycles. The summed E-state index contributed by atoms with van der Waals surface area (Å²) in [5.41, 5.74) is 0.903. The van der Waals surface area contributed by atoms with Crippen molar-refractivity contribution >= 4 is 15.9 Å². The highest BCUT2D eigenvalue weighted by atomic mass is 79.9. The molecule has 1 N–H and O–H groups in total. The molecule has 0 bridgehead atoms. The molecule has 0 saturated carbocycles. The minimum Gasteiger partial charge on any atom is -0.419 e. The molecule has 1 heterocycles. The first-order valence-electron chi connectivity index (χ1n) is 6.12. The summed E-state index contributed by atoms with van der Waals surface area (Å²) in [5, 5.41) is 11.4. The van der Waals surface area contributed by atoms with E-state index in [4.69, 9.17) is 4.42 Å². The lowest BCUT2D eigenvalue weighted by atomic mass is 10.2. The first-order valence-corrected chi connectivity index (χ1v) is 6.91. The van der Waals surface area contributed by atoms with E-state index in [0.29, 0.717) is 24.4 Å². The van der Waals surface area contributed by atoms with Crippen molar-refractivity contribution in [2.45, 2.75) is 25.9 Å². The van der Waals surface area contributed by atoms with Gasteiger partial charge in [0.25, 0.3) is 0 Å². The first kappa shape index (κ1) is 14.0. The Balaban J connectivity index is 2.03. The van der Waals surface area contributed by atoms with E-state index in [1.54, 1.807) is 0 Å². The maximum Gasteiger partial charge on any atom is 0.248 e. The largest absolute Gasteiger partial charge is 0.419 e. The fraction of sp³-hybridized carbons (Fsp3) is 0.286. The maximum atomic E-state index is 5.64. The fourth-order valence-corrected chi connectivity index (χ4v) is 2.12. The molecule has 0 fully saturated rings. The number of rotatable bonds is 6. The predicted octanol–water partition coefficient (Wildman–Crippen LogP) is 3.55. The zero-order chi connectivity index (χ0) is 13.7. The Hall–Kier alpha value is -1.46. The molecule has 19 heavy (non-hydrogen) atoms. The molecular formula is C14H16BrN3O. The smallest absolute Gasteiger partial charge is 0.248 e. The van der Waals surface area contributed by atoms with Crippen LogP contribution < -0.4 is 5.32 Å². The minimum absolute atomic E-state index is 0.344. The van der Waals surface area contributed by atoms with Crippen molar-refractivity contribution in [2.24, 2.45) is 0 Å². The lowest BCUT2D eigenvalue weighted by Gasteiger charge is -2.08. The third-order valence-electron chi connectivity index (χ3n) is 2.69. The second-order valence-electron chi connectivity index (χ2n) is 4.29. The van der Waals surface area contributed by atoms with Gasteiger partial charge >= 0.3 is 0 Å². The van der Waals surface area contributed by atoms with E-state index < -0.39 is 0 Å². The summed E-state index contributed by atoms with van der Waals surface area (Å²) >= 11 is 3.47. The molecule has 0 amide bonds. The number of hydrogen-bond donors (Lipinski definition) is 1. The number of nitrogens with one attached hydrogen (secondary N) is 1. The lowest BCUT2D eigenvalue weighted by molar-refractivity contribution is 0.450.